The van der Waals surface area contributed by atoms with Gasteiger partial charge in [0.1, 0.15) is 11.4 Å². The fourth-order valence-corrected chi connectivity index (χ4v) is 2.16. The van der Waals surface area contributed by atoms with Crippen molar-refractivity contribution in [2.24, 2.45) is 0 Å². The second-order valence-corrected chi connectivity index (χ2v) is 4.47. The minimum Gasteiger partial charge on any atom is -0.475 e. The number of carboxylic acid groups (broad SMARTS) is 1. The molecule has 1 aliphatic heterocycles. The standard InChI is InChI=1S/C11H15NO4/c1-7-5-11(15,6-12(7)2)9-4-3-8(16-9)10(13)14/h3-4,7,15H,5-6H2,1-2H3,(H,13,14). The van der Waals surface area contributed by atoms with Crippen LogP contribution in [0, 0.1) is 0 Å². The molecular formula is C11H15NO4. The number of nitrogens with zero attached hydrogens (tertiary/aromatic N) is 1. The van der Waals surface area contributed by atoms with Crippen LogP contribution in [0.3, 0.4) is 0 Å². The second-order valence-electron chi connectivity index (χ2n) is 4.47. The summed E-state index contributed by atoms with van der Waals surface area (Å²) in [4.78, 5) is 12.7. The molecule has 0 spiro atoms. The van der Waals surface area contributed by atoms with Crippen molar-refractivity contribution in [2.75, 3.05) is 13.6 Å². The highest BCUT2D eigenvalue weighted by atomic mass is 16.4. The van der Waals surface area contributed by atoms with Crippen LogP contribution in [0.15, 0.2) is 16.5 Å². The summed E-state index contributed by atoms with van der Waals surface area (Å²) < 4.78 is 5.15. The first-order chi connectivity index (χ1) is 7.42. The third-order valence-electron chi connectivity index (χ3n) is 3.17. The lowest BCUT2D eigenvalue weighted by atomic mass is 9.98. The van der Waals surface area contributed by atoms with Crippen LogP contribution < -0.4 is 0 Å². The van der Waals surface area contributed by atoms with E-state index in [1.165, 1.54) is 12.1 Å². The van der Waals surface area contributed by atoms with Gasteiger partial charge in [-0.1, -0.05) is 0 Å². The van der Waals surface area contributed by atoms with Crippen molar-refractivity contribution in [3.05, 3.63) is 23.7 Å². The fourth-order valence-electron chi connectivity index (χ4n) is 2.16. The zero-order chi connectivity index (χ0) is 11.9. The van der Waals surface area contributed by atoms with E-state index in [9.17, 15) is 9.90 Å². The van der Waals surface area contributed by atoms with E-state index >= 15 is 0 Å². The molecule has 5 nitrogen and oxygen atoms in total. The quantitative estimate of drug-likeness (QED) is 0.781. The first-order valence-electron chi connectivity index (χ1n) is 5.18. The zero-order valence-corrected chi connectivity index (χ0v) is 9.30. The van der Waals surface area contributed by atoms with Crippen molar-refractivity contribution in [1.82, 2.24) is 4.90 Å². The Hall–Kier alpha value is -1.33. The van der Waals surface area contributed by atoms with Crippen LogP contribution in [-0.4, -0.2) is 40.7 Å². The number of hydrogen-bond donors (Lipinski definition) is 2. The number of aliphatic hydroxyl groups is 1. The van der Waals surface area contributed by atoms with Gasteiger partial charge in [-0.15, -0.1) is 0 Å². The number of carboxylic acids is 1. The van der Waals surface area contributed by atoms with E-state index in [2.05, 4.69) is 0 Å². The van der Waals surface area contributed by atoms with Gasteiger partial charge in [0.05, 0.1) is 0 Å². The van der Waals surface area contributed by atoms with Crippen molar-refractivity contribution in [2.45, 2.75) is 25.0 Å². The number of likely N-dealkylation sites (tertiary alicyclic amines) is 1. The summed E-state index contributed by atoms with van der Waals surface area (Å²) in [6, 6.07) is 3.16. The third kappa shape index (κ3) is 1.72. The molecule has 0 radical (unpaired) electrons. The Bertz CT molecular complexity index is 402. The molecule has 2 N–H and O–H groups in total. The van der Waals surface area contributed by atoms with Crippen LogP contribution in [0.25, 0.3) is 0 Å². The molecule has 2 heterocycles. The number of β-amino-alcohol motifs (C(OH)–C–C–N with tert-alkyl or cyclic N) is 1. The monoisotopic (exact) mass is 225 g/mol. The molecule has 0 saturated carbocycles. The molecule has 2 unspecified atom stereocenters. The predicted octanol–water partition coefficient (Wildman–Crippen LogP) is 0.889. The van der Waals surface area contributed by atoms with Gasteiger partial charge in [-0.2, -0.15) is 0 Å². The zero-order valence-electron chi connectivity index (χ0n) is 9.30. The van der Waals surface area contributed by atoms with Crippen LogP contribution in [0.5, 0.6) is 0 Å². The van der Waals surface area contributed by atoms with Crippen molar-refractivity contribution in [3.63, 3.8) is 0 Å². The van der Waals surface area contributed by atoms with Crippen LogP contribution in [0.1, 0.15) is 29.7 Å². The van der Waals surface area contributed by atoms with Gasteiger partial charge in [-0.25, -0.2) is 4.79 Å². The third-order valence-corrected chi connectivity index (χ3v) is 3.17. The maximum absolute atomic E-state index is 10.7. The van der Waals surface area contributed by atoms with Crippen LogP contribution in [0.4, 0.5) is 0 Å². The first kappa shape index (κ1) is 11.2. The van der Waals surface area contributed by atoms with Gasteiger partial charge in [-0.05, 0) is 32.5 Å². The highest BCUT2D eigenvalue weighted by molar-refractivity contribution is 5.84. The second kappa shape index (κ2) is 3.61. The summed E-state index contributed by atoms with van der Waals surface area (Å²) in [5, 5.41) is 19.1. The summed E-state index contributed by atoms with van der Waals surface area (Å²) in [7, 11) is 1.92. The Balaban J connectivity index is 2.27. The molecule has 0 bridgehead atoms. The smallest absolute Gasteiger partial charge is 0.371 e. The van der Waals surface area contributed by atoms with Gasteiger partial charge >= 0.3 is 5.97 Å². The molecule has 1 aliphatic rings. The van der Waals surface area contributed by atoms with Gasteiger partial charge in [0.25, 0.3) is 0 Å². The van der Waals surface area contributed by atoms with Crippen molar-refractivity contribution in [3.8, 4) is 0 Å². The molecule has 0 amide bonds. The van der Waals surface area contributed by atoms with Gasteiger partial charge < -0.3 is 19.5 Å². The average Bonchev–Trinajstić information content (AvgIpc) is 2.73. The van der Waals surface area contributed by atoms with Crippen LogP contribution >= 0.6 is 0 Å². The highest BCUT2D eigenvalue weighted by Gasteiger charge is 2.42. The van der Waals surface area contributed by atoms with E-state index in [0.29, 0.717) is 18.7 Å². The molecular weight excluding hydrogens is 210 g/mol. The Kier molecular flexibility index (Phi) is 2.52. The van der Waals surface area contributed by atoms with Crippen LogP contribution in [0.2, 0.25) is 0 Å². The van der Waals surface area contributed by atoms with Gasteiger partial charge in [-0.3, -0.25) is 0 Å². The number of hydrogen-bond acceptors (Lipinski definition) is 4. The topological polar surface area (TPSA) is 73.9 Å². The Morgan fingerprint density at radius 2 is 2.31 bits per heavy atom. The summed E-state index contributed by atoms with van der Waals surface area (Å²) in [5.74, 6) is -0.916. The molecule has 0 aromatic carbocycles. The molecule has 88 valence electrons. The van der Waals surface area contributed by atoms with Gasteiger partial charge in [0.2, 0.25) is 5.76 Å². The van der Waals surface area contributed by atoms with E-state index < -0.39 is 11.6 Å². The summed E-state index contributed by atoms with van der Waals surface area (Å²) in [6.45, 7) is 2.47. The Labute approximate surface area is 93.3 Å². The number of rotatable bonds is 2. The maximum Gasteiger partial charge on any atom is 0.371 e. The molecule has 5 heteroatoms. The van der Waals surface area contributed by atoms with Gasteiger partial charge in [0, 0.05) is 12.6 Å². The fraction of sp³-hybridized carbons (Fsp3) is 0.545. The minimum atomic E-state index is -1.12. The minimum absolute atomic E-state index is 0.134. The number of aromatic carboxylic acids is 1. The first-order valence-corrected chi connectivity index (χ1v) is 5.18. The van der Waals surface area contributed by atoms with Crippen molar-refractivity contribution >= 4 is 5.97 Å². The molecule has 1 aromatic heterocycles. The number of likely N-dealkylation sites (N-methyl/N-ethyl adjacent to an activating group) is 1. The molecule has 16 heavy (non-hydrogen) atoms. The van der Waals surface area contributed by atoms with E-state index in [-0.39, 0.29) is 11.8 Å². The van der Waals surface area contributed by atoms with E-state index in [0.717, 1.165) is 0 Å². The van der Waals surface area contributed by atoms with E-state index in [4.69, 9.17) is 9.52 Å². The van der Waals surface area contributed by atoms with Crippen molar-refractivity contribution < 1.29 is 19.4 Å². The summed E-state index contributed by atoms with van der Waals surface area (Å²) in [6.07, 6.45) is 0.552. The maximum atomic E-state index is 10.7. The van der Waals surface area contributed by atoms with Gasteiger partial charge in [0.15, 0.2) is 0 Å². The molecule has 1 fully saturated rings. The van der Waals surface area contributed by atoms with E-state index in [1.54, 1.807) is 0 Å². The Morgan fingerprint density at radius 1 is 1.62 bits per heavy atom. The predicted molar refractivity (Wildman–Crippen MR) is 56.3 cm³/mol. The van der Waals surface area contributed by atoms with Crippen molar-refractivity contribution in [1.29, 1.82) is 0 Å². The lowest BCUT2D eigenvalue weighted by Crippen LogP contribution is -2.28. The van der Waals surface area contributed by atoms with E-state index in [1.807, 2.05) is 18.9 Å². The highest BCUT2D eigenvalue weighted by Crippen LogP contribution is 2.35. The number of carbonyl (C=O) groups is 1. The normalized spacial score (nSPS) is 30.8. The molecule has 1 aromatic rings. The Morgan fingerprint density at radius 3 is 2.75 bits per heavy atom. The average molecular weight is 225 g/mol. The van der Waals surface area contributed by atoms with Crippen LogP contribution in [-0.2, 0) is 5.60 Å². The molecule has 1 saturated heterocycles. The molecule has 0 aliphatic carbocycles. The largest absolute Gasteiger partial charge is 0.475 e. The molecule has 2 atom stereocenters. The summed E-state index contributed by atoms with van der Waals surface area (Å²) in [5.41, 5.74) is -1.07. The number of furan rings is 1. The summed E-state index contributed by atoms with van der Waals surface area (Å²) >= 11 is 0. The lowest BCUT2D eigenvalue weighted by Gasteiger charge is -2.19. The SMILES string of the molecule is CC1CC(O)(c2ccc(C(=O)O)o2)CN1C. The lowest BCUT2D eigenvalue weighted by molar-refractivity contribution is 0.0241. The molecule has 2 rings (SSSR count).